The van der Waals surface area contributed by atoms with Crippen LogP contribution in [0.5, 0.6) is 0 Å². The lowest BCUT2D eigenvalue weighted by molar-refractivity contribution is 0.102. The minimum absolute atomic E-state index is 0.162. The molecular weight excluding hydrogens is 361 g/mol. The Morgan fingerprint density at radius 3 is 2.44 bits per heavy atom. The molecule has 0 spiro atoms. The maximum absolute atomic E-state index is 12.8. The van der Waals surface area contributed by atoms with Crippen molar-refractivity contribution >= 4 is 45.6 Å². The molecule has 25 heavy (non-hydrogen) atoms. The predicted molar refractivity (Wildman–Crippen MR) is 101 cm³/mol. The number of nitrogens with zero attached hydrogens (tertiary/aromatic N) is 2. The molecule has 1 N–H and O–H groups in total. The first-order chi connectivity index (χ1) is 11.9. The Morgan fingerprint density at radius 2 is 1.80 bits per heavy atom. The van der Waals surface area contributed by atoms with E-state index in [1.165, 1.54) is 4.68 Å². The van der Waals surface area contributed by atoms with Crippen LogP contribution in [0.15, 0.2) is 47.3 Å². The van der Waals surface area contributed by atoms with E-state index in [2.05, 4.69) is 10.4 Å². The summed E-state index contributed by atoms with van der Waals surface area (Å²) in [7, 11) is 0. The number of benzene rings is 2. The topological polar surface area (TPSA) is 64.0 Å². The van der Waals surface area contributed by atoms with Gasteiger partial charge >= 0.3 is 0 Å². The number of hydrogen-bond donors (Lipinski definition) is 1. The molecule has 0 aliphatic rings. The normalized spacial score (nSPS) is 11.1. The fraction of sp³-hybridized carbons (Fsp3) is 0.167. The fourth-order valence-electron chi connectivity index (χ4n) is 2.50. The third-order valence-corrected chi connectivity index (χ3v) is 4.26. The van der Waals surface area contributed by atoms with E-state index in [4.69, 9.17) is 23.2 Å². The Kier molecular flexibility index (Phi) is 4.79. The number of anilines is 1. The van der Waals surface area contributed by atoms with Gasteiger partial charge in [0.1, 0.15) is 0 Å². The van der Waals surface area contributed by atoms with Crippen LogP contribution >= 0.6 is 23.2 Å². The third kappa shape index (κ3) is 3.38. The smallest absolute Gasteiger partial charge is 0.276 e. The number of nitrogens with one attached hydrogen (secondary N) is 1. The van der Waals surface area contributed by atoms with E-state index >= 15 is 0 Å². The number of carbonyl (C=O) groups excluding carboxylic acids is 1. The Balaban J connectivity index is 2.12. The van der Waals surface area contributed by atoms with Crippen LogP contribution < -0.4 is 10.9 Å². The van der Waals surface area contributed by atoms with Gasteiger partial charge in [0.25, 0.3) is 11.5 Å². The average molecular weight is 376 g/mol. The second-order valence-corrected chi connectivity index (χ2v) is 6.66. The van der Waals surface area contributed by atoms with E-state index < -0.39 is 5.91 Å². The van der Waals surface area contributed by atoms with Gasteiger partial charge in [0.05, 0.1) is 22.1 Å². The lowest BCUT2D eigenvalue weighted by Gasteiger charge is -2.14. The van der Waals surface area contributed by atoms with Crippen LogP contribution in [0.1, 0.15) is 30.4 Å². The van der Waals surface area contributed by atoms with Crippen LogP contribution in [0.4, 0.5) is 5.69 Å². The Morgan fingerprint density at radius 1 is 1.12 bits per heavy atom. The highest BCUT2D eigenvalue weighted by Crippen LogP contribution is 2.26. The van der Waals surface area contributed by atoms with E-state index in [0.717, 1.165) is 0 Å². The van der Waals surface area contributed by atoms with Gasteiger partial charge in [-0.15, -0.1) is 0 Å². The first-order valence-electron chi connectivity index (χ1n) is 7.66. The lowest BCUT2D eigenvalue weighted by atomic mass is 10.1. The van der Waals surface area contributed by atoms with Crippen LogP contribution in [-0.4, -0.2) is 15.7 Å². The monoisotopic (exact) mass is 375 g/mol. The number of amides is 1. The molecule has 0 aliphatic heterocycles. The molecule has 0 saturated heterocycles. The van der Waals surface area contributed by atoms with Crippen molar-refractivity contribution in [3.8, 4) is 0 Å². The van der Waals surface area contributed by atoms with Crippen molar-refractivity contribution in [3.63, 3.8) is 0 Å². The van der Waals surface area contributed by atoms with Gasteiger partial charge in [0, 0.05) is 10.4 Å². The molecule has 0 aliphatic carbocycles. The van der Waals surface area contributed by atoms with E-state index in [9.17, 15) is 9.59 Å². The van der Waals surface area contributed by atoms with Gasteiger partial charge in [-0.1, -0.05) is 41.4 Å². The summed E-state index contributed by atoms with van der Waals surface area (Å²) >= 11 is 12.0. The molecular formula is C18H15Cl2N3O2. The molecule has 1 aromatic heterocycles. The molecule has 0 bridgehead atoms. The fourth-order valence-corrected chi connectivity index (χ4v) is 2.95. The highest BCUT2D eigenvalue weighted by Gasteiger charge is 2.18. The molecule has 0 saturated carbocycles. The van der Waals surface area contributed by atoms with E-state index in [0.29, 0.717) is 26.5 Å². The Hall–Kier alpha value is -2.37. The molecule has 3 aromatic rings. The summed E-state index contributed by atoms with van der Waals surface area (Å²) in [6.45, 7) is 3.67. The highest BCUT2D eigenvalue weighted by molar-refractivity contribution is 6.36. The second kappa shape index (κ2) is 6.86. The third-order valence-electron chi connectivity index (χ3n) is 3.71. The molecule has 0 atom stereocenters. The van der Waals surface area contributed by atoms with Crippen molar-refractivity contribution in [2.24, 2.45) is 0 Å². The van der Waals surface area contributed by atoms with Crippen molar-refractivity contribution in [1.82, 2.24) is 9.78 Å². The van der Waals surface area contributed by atoms with E-state index in [-0.39, 0.29) is 17.3 Å². The van der Waals surface area contributed by atoms with Crippen LogP contribution in [0, 0.1) is 0 Å². The summed E-state index contributed by atoms with van der Waals surface area (Å²) < 4.78 is 1.31. The summed E-state index contributed by atoms with van der Waals surface area (Å²) in [5.41, 5.74) is 0.353. The molecule has 0 unspecified atom stereocenters. The van der Waals surface area contributed by atoms with Crippen molar-refractivity contribution in [2.45, 2.75) is 19.9 Å². The first kappa shape index (κ1) is 17.5. The summed E-state index contributed by atoms with van der Waals surface area (Å²) in [6.07, 6.45) is 0. The summed E-state index contributed by atoms with van der Waals surface area (Å²) in [5, 5.41) is 8.72. The summed E-state index contributed by atoms with van der Waals surface area (Å²) in [4.78, 5) is 25.3. The first-order valence-corrected chi connectivity index (χ1v) is 8.42. The van der Waals surface area contributed by atoms with Crippen molar-refractivity contribution in [2.75, 3.05) is 5.32 Å². The van der Waals surface area contributed by atoms with E-state index in [1.54, 1.807) is 42.5 Å². The number of aromatic nitrogens is 2. The van der Waals surface area contributed by atoms with Crippen LogP contribution in [0.2, 0.25) is 10.0 Å². The molecule has 2 aromatic carbocycles. The van der Waals surface area contributed by atoms with Gasteiger partial charge < -0.3 is 5.32 Å². The number of carbonyl (C=O) groups is 1. The minimum Gasteiger partial charge on any atom is -0.319 e. The lowest BCUT2D eigenvalue weighted by Crippen LogP contribution is -2.28. The highest BCUT2D eigenvalue weighted by atomic mass is 35.5. The molecule has 1 amide bonds. The quantitative estimate of drug-likeness (QED) is 0.730. The van der Waals surface area contributed by atoms with Gasteiger partial charge in [-0.05, 0) is 38.1 Å². The minimum atomic E-state index is -0.449. The number of halogens is 2. The van der Waals surface area contributed by atoms with Crippen LogP contribution in [0.25, 0.3) is 10.8 Å². The zero-order valence-corrected chi connectivity index (χ0v) is 15.1. The van der Waals surface area contributed by atoms with Crippen molar-refractivity contribution in [1.29, 1.82) is 0 Å². The summed E-state index contributed by atoms with van der Waals surface area (Å²) in [6, 6.07) is 11.5. The molecule has 1 heterocycles. The van der Waals surface area contributed by atoms with Gasteiger partial charge in [0.15, 0.2) is 5.69 Å². The standard InChI is InChI=1S/C18H15Cl2N3O2/c1-10(2)23-18(25)13-6-4-3-5-12(13)16(22-23)17(24)21-15-8-7-11(19)9-14(15)20/h3-10H,1-2H3,(H,21,24). The maximum atomic E-state index is 12.8. The molecule has 128 valence electrons. The zero-order chi connectivity index (χ0) is 18.1. The van der Waals surface area contributed by atoms with Gasteiger partial charge in [0.2, 0.25) is 0 Å². The van der Waals surface area contributed by atoms with E-state index in [1.807, 2.05) is 13.8 Å². The Bertz CT molecular complexity index is 1030. The molecule has 3 rings (SSSR count). The SMILES string of the molecule is CC(C)n1nc(C(=O)Nc2ccc(Cl)cc2Cl)c2ccccc2c1=O. The molecule has 5 nitrogen and oxygen atoms in total. The number of rotatable bonds is 3. The number of hydrogen-bond acceptors (Lipinski definition) is 3. The van der Waals surface area contributed by atoms with Crippen molar-refractivity contribution in [3.05, 3.63) is 68.6 Å². The summed E-state index contributed by atoms with van der Waals surface area (Å²) in [5.74, 6) is -0.449. The number of fused-ring (bicyclic) bond motifs is 1. The van der Waals surface area contributed by atoms with Crippen LogP contribution in [0.3, 0.4) is 0 Å². The largest absolute Gasteiger partial charge is 0.319 e. The van der Waals surface area contributed by atoms with Crippen LogP contribution in [-0.2, 0) is 0 Å². The molecule has 0 radical (unpaired) electrons. The molecule has 7 heteroatoms. The van der Waals surface area contributed by atoms with Crippen molar-refractivity contribution < 1.29 is 4.79 Å². The van der Waals surface area contributed by atoms with Gasteiger partial charge in [-0.25, -0.2) is 4.68 Å². The second-order valence-electron chi connectivity index (χ2n) is 5.82. The van der Waals surface area contributed by atoms with Gasteiger partial charge in [-0.3, -0.25) is 9.59 Å². The predicted octanol–water partition coefficient (Wildman–Crippen LogP) is 4.54. The molecule has 0 fully saturated rings. The maximum Gasteiger partial charge on any atom is 0.276 e. The zero-order valence-electron chi connectivity index (χ0n) is 13.6. The Labute approximate surface area is 154 Å². The average Bonchev–Trinajstić information content (AvgIpc) is 2.57. The van der Waals surface area contributed by atoms with Gasteiger partial charge in [-0.2, -0.15) is 5.10 Å².